The Morgan fingerprint density at radius 1 is 1.39 bits per heavy atom. The van der Waals surface area contributed by atoms with Gasteiger partial charge < -0.3 is 10.0 Å². The molecule has 98 valence electrons. The van der Waals surface area contributed by atoms with E-state index in [0.717, 1.165) is 29.0 Å². The first kappa shape index (κ1) is 13.2. The quantitative estimate of drug-likeness (QED) is 0.902. The van der Waals surface area contributed by atoms with Gasteiger partial charge in [0.1, 0.15) is 12.1 Å². The number of rotatable bonds is 5. The molecular weight excluding hydrogens is 246 g/mol. The van der Waals surface area contributed by atoms with Gasteiger partial charge in [-0.3, -0.25) is 0 Å². The van der Waals surface area contributed by atoms with Crippen molar-refractivity contribution in [1.82, 2.24) is 9.97 Å². The average Bonchev–Trinajstić information content (AvgIpc) is 2.72. The zero-order valence-corrected chi connectivity index (χ0v) is 11.9. The first-order valence-electron chi connectivity index (χ1n) is 6.21. The summed E-state index contributed by atoms with van der Waals surface area (Å²) in [5, 5.41) is 11.1. The summed E-state index contributed by atoms with van der Waals surface area (Å²) in [4.78, 5) is 11.0. The molecule has 2 aromatic rings. The Morgan fingerprint density at radius 2 is 2.17 bits per heavy atom. The third-order valence-corrected chi connectivity index (χ3v) is 4.05. The van der Waals surface area contributed by atoms with Crippen LogP contribution in [0.25, 0.3) is 10.2 Å². The van der Waals surface area contributed by atoms with Gasteiger partial charge in [0, 0.05) is 19.2 Å². The molecule has 5 heteroatoms. The fourth-order valence-corrected chi connectivity index (χ4v) is 3.02. The molecule has 0 radical (unpaired) electrons. The van der Waals surface area contributed by atoms with Crippen LogP contribution in [0.2, 0.25) is 0 Å². The van der Waals surface area contributed by atoms with Gasteiger partial charge in [0.2, 0.25) is 0 Å². The Balaban J connectivity index is 2.43. The second kappa shape index (κ2) is 5.63. The summed E-state index contributed by atoms with van der Waals surface area (Å²) in [6.07, 6.45) is 2.39. The molecule has 0 atom stereocenters. The Labute approximate surface area is 111 Å². The molecule has 0 aliphatic heterocycles. The van der Waals surface area contributed by atoms with Crippen LogP contribution in [0.15, 0.2) is 11.7 Å². The lowest BCUT2D eigenvalue weighted by Gasteiger charge is -2.27. The van der Waals surface area contributed by atoms with Gasteiger partial charge in [0.15, 0.2) is 0 Å². The van der Waals surface area contributed by atoms with Crippen LogP contribution in [0.1, 0.15) is 25.8 Å². The van der Waals surface area contributed by atoms with Crippen LogP contribution in [0.4, 0.5) is 5.82 Å². The monoisotopic (exact) mass is 265 g/mol. The maximum atomic E-state index is 9.00. The number of aliphatic hydroxyl groups excluding tert-OH is 1. The van der Waals surface area contributed by atoms with E-state index in [2.05, 4.69) is 41.0 Å². The number of aliphatic hydroxyl groups is 1. The van der Waals surface area contributed by atoms with Gasteiger partial charge in [-0.1, -0.05) is 0 Å². The van der Waals surface area contributed by atoms with Gasteiger partial charge in [-0.15, -0.1) is 11.3 Å². The topological polar surface area (TPSA) is 49.2 Å². The van der Waals surface area contributed by atoms with E-state index < -0.39 is 0 Å². The molecule has 0 unspecified atom stereocenters. The van der Waals surface area contributed by atoms with Crippen molar-refractivity contribution < 1.29 is 5.11 Å². The first-order valence-corrected chi connectivity index (χ1v) is 7.09. The van der Waals surface area contributed by atoms with E-state index in [9.17, 15) is 0 Å². The highest BCUT2D eigenvalue weighted by Gasteiger charge is 2.16. The molecule has 2 heterocycles. The van der Waals surface area contributed by atoms with E-state index in [4.69, 9.17) is 5.11 Å². The van der Waals surface area contributed by atoms with Gasteiger partial charge in [-0.2, -0.15) is 0 Å². The minimum Gasteiger partial charge on any atom is -0.396 e. The van der Waals surface area contributed by atoms with Crippen molar-refractivity contribution in [2.45, 2.75) is 33.2 Å². The first-order chi connectivity index (χ1) is 8.65. The molecule has 0 aromatic carbocycles. The molecule has 0 fully saturated rings. The normalized spacial score (nSPS) is 11.4. The molecule has 0 saturated carbocycles. The molecule has 1 N–H and O–H groups in total. The Bertz CT molecular complexity index is 524. The summed E-state index contributed by atoms with van der Waals surface area (Å²) in [5.41, 5.74) is 2.24. The van der Waals surface area contributed by atoms with E-state index in [1.54, 1.807) is 17.7 Å². The van der Waals surface area contributed by atoms with Crippen LogP contribution in [0, 0.1) is 6.92 Å². The van der Waals surface area contributed by atoms with Crippen molar-refractivity contribution in [2.24, 2.45) is 0 Å². The number of thiophene rings is 1. The van der Waals surface area contributed by atoms with Crippen LogP contribution in [0.5, 0.6) is 0 Å². The van der Waals surface area contributed by atoms with E-state index in [-0.39, 0.29) is 6.61 Å². The largest absolute Gasteiger partial charge is 0.396 e. The second-order valence-electron chi connectivity index (χ2n) is 4.66. The van der Waals surface area contributed by atoms with Crippen LogP contribution in [-0.4, -0.2) is 34.3 Å². The lowest BCUT2D eigenvalue weighted by atomic mass is 10.2. The molecule has 0 amide bonds. The lowest BCUT2D eigenvalue weighted by Crippen LogP contribution is -2.33. The van der Waals surface area contributed by atoms with Crippen LogP contribution in [0.3, 0.4) is 0 Å². The Morgan fingerprint density at radius 3 is 2.83 bits per heavy atom. The second-order valence-corrected chi connectivity index (χ2v) is 5.54. The number of fused-ring (bicyclic) bond motifs is 1. The summed E-state index contributed by atoms with van der Waals surface area (Å²) < 4.78 is 1.14. The molecule has 18 heavy (non-hydrogen) atoms. The summed E-state index contributed by atoms with van der Waals surface area (Å²) in [6, 6.07) is 0.358. The number of hydrogen-bond acceptors (Lipinski definition) is 5. The molecular formula is C13H19N3OS. The molecule has 0 spiro atoms. The van der Waals surface area contributed by atoms with E-state index in [1.165, 1.54) is 5.56 Å². The molecule has 2 aromatic heterocycles. The molecule has 0 bridgehead atoms. The van der Waals surface area contributed by atoms with Crippen molar-refractivity contribution in [3.8, 4) is 0 Å². The standard InChI is InChI=1S/C13H19N3OS/c1-9(2)16(5-4-6-17)13-12-11(14-8-15-13)10(3)7-18-12/h7-9,17H,4-6H2,1-3H3. The molecule has 2 rings (SSSR count). The molecule has 0 aliphatic carbocycles. The van der Waals surface area contributed by atoms with E-state index in [1.807, 2.05) is 0 Å². The van der Waals surface area contributed by atoms with Gasteiger partial charge in [0.05, 0.1) is 10.2 Å². The minimum atomic E-state index is 0.209. The number of aryl methyl sites for hydroxylation is 1. The van der Waals surface area contributed by atoms with Gasteiger partial charge in [-0.25, -0.2) is 9.97 Å². The molecule has 0 aliphatic rings. The van der Waals surface area contributed by atoms with Crippen molar-refractivity contribution >= 4 is 27.4 Å². The summed E-state index contributed by atoms with van der Waals surface area (Å²) >= 11 is 1.69. The fraction of sp³-hybridized carbons (Fsp3) is 0.538. The van der Waals surface area contributed by atoms with Crippen molar-refractivity contribution in [3.05, 3.63) is 17.3 Å². The van der Waals surface area contributed by atoms with Gasteiger partial charge >= 0.3 is 0 Å². The molecule has 4 nitrogen and oxygen atoms in total. The van der Waals surface area contributed by atoms with E-state index in [0.29, 0.717) is 6.04 Å². The van der Waals surface area contributed by atoms with Crippen molar-refractivity contribution in [1.29, 1.82) is 0 Å². The predicted octanol–water partition coefficient (Wildman–Crippen LogP) is 2.60. The third kappa shape index (κ3) is 2.47. The Kier molecular flexibility index (Phi) is 4.14. The third-order valence-electron chi connectivity index (χ3n) is 2.96. The Hall–Kier alpha value is -1.20. The number of aromatic nitrogens is 2. The maximum absolute atomic E-state index is 9.00. The SMILES string of the molecule is Cc1csc2c(N(CCCO)C(C)C)ncnc12. The average molecular weight is 265 g/mol. The zero-order chi connectivity index (χ0) is 13.1. The molecule has 0 saturated heterocycles. The van der Waals surface area contributed by atoms with Crippen LogP contribution in [-0.2, 0) is 0 Å². The summed E-state index contributed by atoms with van der Waals surface area (Å²) in [5.74, 6) is 0.988. The summed E-state index contributed by atoms with van der Waals surface area (Å²) in [6.45, 7) is 7.39. The summed E-state index contributed by atoms with van der Waals surface area (Å²) in [7, 11) is 0. The fourth-order valence-electron chi connectivity index (χ4n) is 2.01. The van der Waals surface area contributed by atoms with Gasteiger partial charge in [-0.05, 0) is 38.1 Å². The van der Waals surface area contributed by atoms with E-state index >= 15 is 0 Å². The van der Waals surface area contributed by atoms with Crippen LogP contribution < -0.4 is 4.90 Å². The highest BCUT2D eigenvalue weighted by atomic mass is 32.1. The smallest absolute Gasteiger partial charge is 0.150 e. The predicted molar refractivity (Wildman–Crippen MR) is 76.3 cm³/mol. The lowest BCUT2D eigenvalue weighted by molar-refractivity contribution is 0.288. The number of hydrogen-bond donors (Lipinski definition) is 1. The van der Waals surface area contributed by atoms with Crippen molar-refractivity contribution in [3.63, 3.8) is 0 Å². The minimum absolute atomic E-state index is 0.209. The van der Waals surface area contributed by atoms with Crippen molar-refractivity contribution in [2.75, 3.05) is 18.1 Å². The maximum Gasteiger partial charge on any atom is 0.150 e. The highest BCUT2D eigenvalue weighted by Crippen LogP contribution is 2.31. The number of anilines is 1. The zero-order valence-electron chi connectivity index (χ0n) is 11.1. The highest BCUT2D eigenvalue weighted by molar-refractivity contribution is 7.18. The van der Waals surface area contributed by atoms with Gasteiger partial charge in [0.25, 0.3) is 0 Å². The number of nitrogens with zero attached hydrogens (tertiary/aromatic N) is 3. The van der Waals surface area contributed by atoms with Crippen LogP contribution >= 0.6 is 11.3 Å².